The minimum absolute atomic E-state index is 0.145. The number of aromatic nitrogens is 4. The van der Waals surface area contributed by atoms with Crippen molar-refractivity contribution in [1.82, 2.24) is 24.6 Å². The van der Waals surface area contributed by atoms with E-state index >= 15 is 0 Å². The zero-order valence-corrected chi connectivity index (χ0v) is 21.5. The van der Waals surface area contributed by atoms with Gasteiger partial charge >= 0.3 is 6.18 Å². The monoisotopic (exact) mass is 535 g/mol. The number of benzene rings is 2. The lowest BCUT2D eigenvalue weighted by molar-refractivity contribution is -0.137. The van der Waals surface area contributed by atoms with E-state index in [1.165, 1.54) is 18.5 Å². The Morgan fingerprint density at radius 3 is 2.74 bits per heavy atom. The van der Waals surface area contributed by atoms with Gasteiger partial charge in [0.25, 0.3) is 0 Å². The maximum absolute atomic E-state index is 13.1. The Balaban J connectivity index is 1.42. The molecule has 4 N–H and O–H groups in total. The molecule has 5 rings (SSSR count). The third kappa shape index (κ3) is 5.82. The summed E-state index contributed by atoms with van der Waals surface area (Å²) in [6.07, 6.45) is -3.24. The molecular weight excluding hydrogens is 507 g/mol. The number of hydrogen-bond donors (Lipinski definition) is 3. The van der Waals surface area contributed by atoms with E-state index in [0.29, 0.717) is 46.1 Å². The molecule has 1 fully saturated rings. The van der Waals surface area contributed by atoms with E-state index in [2.05, 4.69) is 39.1 Å². The molecule has 3 heterocycles. The van der Waals surface area contributed by atoms with Gasteiger partial charge in [-0.05, 0) is 68.6 Å². The smallest absolute Gasteiger partial charge is 0.383 e. The summed E-state index contributed by atoms with van der Waals surface area (Å²) in [5.41, 5.74) is 8.56. The molecule has 1 aliphatic rings. The second kappa shape index (κ2) is 10.6. The van der Waals surface area contributed by atoms with Gasteiger partial charge in [-0.2, -0.15) is 18.3 Å². The van der Waals surface area contributed by atoms with Crippen molar-refractivity contribution in [3.63, 3.8) is 0 Å². The average Bonchev–Trinajstić information content (AvgIpc) is 3.46. The number of halogens is 3. The van der Waals surface area contributed by atoms with Gasteiger partial charge in [0.15, 0.2) is 11.9 Å². The van der Waals surface area contributed by atoms with E-state index < -0.39 is 18.0 Å². The first-order chi connectivity index (χ1) is 18.6. The van der Waals surface area contributed by atoms with Gasteiger partial charge in [0, 0.05) is 29.9 Å². The first-order valence-electron chi connectivity index (χ1n) is 12.5. The Bertz CT molecular complexity index is 1570. The van der Waals surface area contributed by atoms with Crippen molar-refractivity contribution < 1.29 is 18.3 Å². The summed E-state index contributed by atoms with van der Waals surface area (Å²) < 4.78 is 41.0. The van der Waals surface area contributed by atoms with Crippen LogP contribution in [0.1, 0.15) is 40.6 Å². The number of nitrogens with one attached hydrogen (secondary N) is 1. The van der Waals surface area contributed by atoms with Crippen molar-refractivity contribution in [3.05, 3.63) is 76.7 Å². The average molecular weight is 536 g/mol. The molecule has 0 radical (unpaired) electrons. The highest BCUT2D eigenvalue weighted by Crippen LogP contribution is 2.31. The largest absolute Gasteiger partial charge is 0.416 e. The molecule has 0 aliphatic carbocycles. The van der Waals surface area contributed by atoms with E-state index in [4.69, 9.17) is 10.8 Å². The number of nitrogens with zero attached hydrogens (tertiary/aromatic N) is 5. The maximum Gasteiger partial charge on any atom is 0.416 e. The van der Waals surface area contributed by atoms with Crippen LogP contribution in [-0.4, -0.2) is 49.9 Å². The van der Waals surface area contributed by atoms with Gasteiger partial charge in [-0.3, -0.25) is 0 Å². The highest BCUT2D eigenvalue weighted by Gasteiger charge is 2.30. The number of nitrogen functional groups attached to an aromatic ring is 1. The van der Waals surface area contributed by atoms with Crippen LogP contribution < -0.4 is 11.1 Å². The number of hydrogen-bond acceptors (Lipinski definition) is 7. The molecule has 2 aromatic heterocycles. The fourth-order valence-corrected chi connectivity index (χ4v) is 4.76. The Morgan fingerprint density at radius 1 is 1.18 bits per heavy atom. The molecule has 0 saturated carbocycles. The quantitative estimate of drug-likeness (QED) is 0.260. The molecule has 8 nitrogen and oxygen atoms in total. The summed E-state index contributed by atoms with van der Waals surface area (Å²) in [6.45, 7) is 4.59. The van der Waals surface area contributed by atoms with Crippen LogP contribution >= 0.6 is 0 Å². The fourth-order valence-electron chi connectivity index (χ4n) is 4.76. The Hall–Kier alpha value is -4.14. The summed E-state index contributed by atoms with van der Waals surface area (Å²) in [4.78, 5) is 10.8. The zero-order chi connectivity index (χ0) is 27.7. The number of likely N-dealkylation sites (tertiary alicyclic amines) is 1. The predicted octanol–water partition coefficient (Wildman–Crippen LogP) is 4.19. The molecule has 202 valence electrons. The molecule has 0 amide bonds. The number of alkyl halides is 3. The van der Waals surface area contributed by atoms with Gasteiger partial charge in [-0.25, -0.2) is 14.6 Å². The Labute approximate surface area is 223 Å². The van der Waals surface area contributed by atoms with Gasteiger partial charge in [0.2, 0.25) is 0 Å². The van der Waals surface area contributed by atoms with Crippen LogP contribution in [0, 0.1) is 24.7 Å². The molecule has 11 heteroatoms. The van der Waals surface area contributed by atoms with Crippen LogP contribution in [0.25, 0.3) is 11.0 Å². The molecule has 2 aromatic carbocycles. The first-order valence-corrected chi connectivity index (χ1v) is 12.5. The van der Waals surface area contributed by atoms with Gasteiger partial charge in [0.05, 0.1) is 10.9 Å². The summed E-state index contributed by atoms with van der Waals surface area (Å²) in [5, 5.41) is 18.7. The fraction of sp³-hybridized carbons (Fsp3) is 0.321. The van der Waals surface area contributed by atoms with Crippen molar-refractivity contribution in [2.45, 2.75) is 32.3 Å². The third-order valence-corrected chi connectivity index (χ3v) is 6.86. The molecule has 4 aromatic rings. The summed E-state index contributed by atoms with van der Waals surface area (Å²) in [6, 6.07) is 9.86. The van der Waals surface area contributed by atoms with E-state index in [0.717, 1.165) is 37.2 Å². The second-order valence-electron chi connectivity index (χ2n) is 9.85. The van der Waals surface area contributed by atoms with Crippen LogP contribution in [0.5, 0.6) is 0 Å². The number of nitrogens with two attached hydrogens (primary N) is 1. The normalized spacial score (nSPS) is 16.7. The molecule has 0 bridgehead atoms. The van der Waals surface area contributed by atoms with Crippen LogP contribution in [0.4, 0.5) is 24.7 Å². The van der Waals surface area contributed by atoms with Gasteiger partial charge in [0.1, 0.15) is 17.8 Å². The molecule has 0 spiro atoms. The van der Waals surface area contributed by atoms with E-state index in [1.54, 1.807) is 18.2 Å². The number of anilines is 2. The van der Waals surface area contributed by atoms with Crippen LogP contribution in [0.3, 0.4) is 0 Å². The molecule has 2 atom stereocenters. The number of rotatable bonds is 5. The van der Waals surface area contributed by atoms with Gasteiger partial charge in [-0.1, -0.05) is 24.1 Å². The molecule has 1 aliphatic heterocycles. The minimum Gasteiger partial charge on any atom is -0.383 e. The maximum atomic E-state index is 13.1. The number of aryl methyl sites for hydroxylation is 1. The summed E-state index contributed by atoms with van der Waals surface area (Å²) >= 11 is 0. The lowest BCUT2D eigenvalue weighted by Gasteiger charge is -2.17. The van der Waals surface area contributed by atoms with Crippen LogP contribution in [-0.2, 0) is 12.7 Å². The Kier molecular flexibility index (Phi) is 7.16. The molecule has 39 heavy (non-hydrogen) atoms. The highest BCUT2D eigenvalue weighted by molar-refractivity contribution is 5.90. The van der Waals surface area contributed by atoms with Crippen molar-refractivity contribution in [2.75, 3.05) is 31.2 Å². The van der Waals surface area contributed by atoms with Crippen LogP contribution in [0.2, 0.25) is 0 Å². The van der Waals surface area contributed by atoms with Crippen molar-refractivity contribution in [3.8, 4) is 11.8 Å². The van der Waals surface area contributed by atoms with Crippen molar-refractivity contribution >= 4 is 22.5 Å². The number of aliphatic hydroxyl groups excluding tert-OH is 1. The van der Waals surface area contributed by atoms with E-state index in [9.17, 15) is 18.3 Å². The number of aliphatic hydroxyl groups is 1. The van der Waals surface area contributed by atoms with E-state index in [-0.39, 0.29) is 5.69 Å². The number of fused-ring (bicyclic) bond motifs is 1. The highest BCUT2D eigenvalue weighted by atomic mass is 19.4. The Morgan fingerprint density at radius 2 is 2.00 bits per heavy atom. The second-order valence-corrected chi connectivity index (χ2v) is 9.85. The minimum atomic E-state index is -4.48. The van der Waals surface area contributed by atoms with Crippen molar-refractivity contribution in [1.29, 1.82) is 0 Å². The zero-order valence-electron chi connectivity index (χ0n) is 21.5. The lowest BCUT2D eigenvalue weighted by Crippen LogP contribution is -2.17. The predicted molar refractivity (Wildman–Crippen MR) is 143 cm³/mol. The molecule has 2 unspecified atom stereocenters. The van der Waals surface area contributed by atoms with Crippen molar-refractivity contribution in [2.24, 2.45) is 5.92 Å². The SMILES string of the molecule is Cc1ccc(C(O)Nc2cccc(C(F)(F)F)c2)cc1C#Cc1nn(CC2CCN(C)C2)c2ncnc(N)c12. The van der Waals surface area contributed by atoms with Gasteiger partial charge < -0.3 is 21.1 Å². The lowest BCUT2D eigenvalue weighted by atomic mass is 10.0. The topological polar surface area (TPSA) is 105 Å². The van der Waals surface area contributed by atoms with Crippen LogP contribution in [0.15, 0.2) is 48.8 Å². The first kappa shape index (κ1) is 26.5. The summed E-state index contributed by atoms with van der Waals surface area (Å²) in [7, 11) is 2.10. The third-order valence-electron chi connectivity index (χ3n) is 6.86. The summed E-state index contributed by atoms with van der Waals surface area (Å²) in [5.74, 6) is 6.96. The van der Waals surface area contributed by atoms with E-state index in [1.807, 2.05) is 11.6 Å². The van der Waals surface area contributed by atoms with Gasteiger partial charge in [-0.15, -0.1) is 0 Å². The molecule has 1 saturated heterocycles. The standard InChI is InChI=1S/C28H28F3N7O/c1-17-6-7-20(27(39)35-22-5-3-4-21(13-22)28(29,30)31)12-19(17)8-9-23-24-25(32)33-16-34-26(24)38(36-23)15-18-10-11-37(2)14-18/h3-7,12-13,16,18,27,35,39H,10-11,14-15H2,1-2H3,(H2,32,33,34). The molecular formula is C28H28F3N7O.